The van der Waals surface area contributed by atoms with Gasteiger partial charge < -0.3 is 5.32 Å². The zero-order valence-corrected chi connectivity index (χ0v) is 14.0. The summed E-state index contributed by atoms with van der Waals surface area (Å²) < 4.78 is 22.3. The Hall–Kier alpha value is -0.920. The summed E-state index contributed by atoms with van der Waals surface area (Å²) in [5, 5.41) is 7.90. The van der Waals surface area contributed by atoms with Crippen LogP contribution in [-0.2, 0) is 14.8 Å². The van der Waals surface area contributed by atoms with Gasteiger partial charge in [-0.2, -0.15) is 0 Å². The number of alkyl halides is 1. The highest BCUT2D eigenvalue weighted by molar-refractivity contribution is 9.10. The lowest BCUT2D eigenvalue weighted by Gasteiger charge is -2.19. The third-order valence-electron chi connectivity index (χ3n) is 2.90. The number of hydrogen-bond donors (Lipinski definition) is 2. The van der Waals surface area contributed by atoms with Crippen molar-refractivity contribution in [1.29, 1.82) is 0 Å². The average molecular weight is 363 g/mol. The number of benzene rings is 1. The Morgan fingerprint density at radius 3 is 2.10 bits per heavy atom. The summed E-state index contributed by atoms with van der Waals surface area (Å²) in [6.45, 7) is 5.74. The van der Waals surface area contributed by atoms with E-state index >= 15 is 0 Å². The molecule has 0 spiro atoms. The molecule has 20 heavy (non-hydrogen) atoms. The fourth-order valence-electron chi connectivity index (χ4n) is 1.63. The molecule has 1 aromatic carbocycles. The van der Waals surface area contributed by atoms with Crippen molar-refractivity contribution in [3.05, 3.63) is 29.8 Å². The predicted octanol–water partition coefficient (Wildman–Crippen LogP) is 1.93. The number of nitrogens with one attached hydrogen (secondary N) is 1. The molecule has 3 N–H and O–H groups in total. The number of primary sulfonamides is 1. The van der Waals surface area contributed by atoms with Gasteiger partial charge in [0.15, 0.2) is 0 Å². The summed E-state index contributed by atoms with van der Waals surface area (Å²) >= 11 is 3.34. The van der Waals surface area contributed by atoms with Crippen LogP contribution in [0.25, 0.3) is 0 Å². The molecule has 1 aromatic rings. The molecule has 0 saturated heterocycles. The molecule has 2 atom stereocenters. The van der Waals surface area contributed by atoms with Crippen LogP contribution >= 0.6 is 15.9 Å². The van der Waals surface area contributed by atoms with Crippen LogP contribution in [0.3, 0.4) is 0 Å². The van der Waals surface area contributed by atoms with Crippen LogP contribution in [0.4, 0.5) is 0 Å². The first kappa shape index (κ1) is 17.1. The molecule has 0 aliphatic carbocycles. The molecule has 0 aliphatic heterocycles. The van der Waals surface area contributed by atoms with Crippen LogP contribution < -0.4 is 10.5 Å². The summed E-state index contributed by atoms with van der Waals surface area (Å²) in [6, 6.07) is 5.94. The van der Waals surface area contributed by atoms with Gasteiger partial charge in [-0.15, -0.1) is 0 Å². The topological polar surface area (TPSA) is 89.3 Å². The van der Waals surface area contributed by atoms with Crippen molar-refractivity contribution >= 4 is 31.9 Å². The molecule has 0 saturated carbocycles. The Labute approximate surface area is 128 Å². The summed E-state index contributed by atoms with van der Waals surface area (Å²) in [7, 11) is -3.69. The number of amides is 1. The van der Waals surface area contributed by atoms with Crippen molar-refractivity contribution in [2.24, 2.45) is 11.1 Å². The Bertz CT molecular complexity index is 570. The highest BCUT2D eigenvalue weighted by Crippen LogP contribution is 2.18. The highest BCUT2D eigenvalue weighted by Gasteiger charge is 2.20. The Kier molecular flexibility index (Phi) is 5.73. The number of carbonyl (C=O) groups is 1. The van der Waals surface area contributed by atoms with Gasteiger partial charge in [0.1, 0.15) is 0 Å². The second-order valence-electron chi connectivity index (χ2n) is 4.99. The lowest BCUT2D eigenvalue weighted by atomic mass is 10.1. The molecule has 1 rings (SSSR count). The average Bonchev–Trinajstić information content (AvgIpc) is 2.36. The van der Waals surface area contributed by atoms with E-state index in [0.717, 1.165) is 5.56 Å². The minimum atomic E-state index is -3.69. The van der Waals surface area contributed by atoms with E-state index in [1.807, 2.05) is 20.8 Å². The van der Waals surface area contributed by atoms with Crippen LogP contribution in [0.15, 0.2) is 29.2 Å². The molecule has 0 heterocycles. The number of hydrogen-bond acceptors (Lipinski definition) is 3. The van der Waals surface area contributed by atoms with Gasteiger partial charge in [-0.1, -0.05) is 41.9 Å². The molecule has 0 bridgehead atoms. The molecule has 0 fully saturated rings. The van der Waals surface area contributed by atoms with Crippen molar-refractivity contribution in [3.8, 4) is 0 Å². The number of carbonyl (C=O) groups excluding carboxylic acids is 1. The lowest BCUT2D eigenvalue weighted by molar-refractivity contribution is -0.121. The molecule has 2 unspecified atom stereocenters. The second-order valence-corrected chi connectivity index (χ2v) is 7.54. The summed E-state index contributed by atoms with van der Waals surface area (Å²) in [6.07, 6.45) is 0. The molecular weight excluding hydrogens is 344 g/mol. The number of nitrogens with two attached hydrogens (primary N) is 1. The first-order chi connectivity index (χ1) is 9.12. The molecule has 0 aliphatic rings. The lowest BCUT2D eigenvalue weighted by Crippen LogP contribution is -2.35. The Morgan fingerprint density at radius 2 is 1.70 bits per heavy atom. The van der Waals surface area contributed by atoms with Gasteiger partial charge in [-0.3, -0.25) is 4.79 Å². The van der Waals surface area contributed by atoms with Crippen molar-refractivity contribution in [2.75, 3.05) is 0 Å². The van der Waals surface area contributed by atoms with Crippen molar-refractivity contribution in [3.63, 3.8) is 0 Å². The standard InChI is InChI=1S/C13H19BrN2O3S/c1-8(2)12(14)13(17)16-9(3)10-4-6-11(7-5-10)20(15,18)19/h4-9,12H,1-3H3,(H,16,17)(H2,15,18,19). The van der Waals surface area contributed by atoms with Gasteiger partial charge in [0.2, 0.25) is 15.9 Å². The van der Waals surface area contributed by atoms with Gasteiger partial charge >= 0.3 is 0 Å². The minimum Gasteiger partial charge on any atom is -0.349 e. The smallest absolute Gasteiger partial charge is 0.238 e. The quantitative estimate of drug-likeness (QED) is 0.784. The van der Waals surface area contributed by atoms with E-state index < -0.39 is 10.0 Å². The van der Waals surface area contributed by atoms with Crippen LogP contribution in [-0.4, -0.2) is 19.2 Å². The summed E-state index contributed by atoms with van der Waals surface area (Å²) in [5.74, 6) is 0.0926. The molecule has 1 amide bonds. The maximum absolute atomic E-state index is 11.9. The van der Waals surface area contributed by atoms with Gasteiger partial charge in [-0.25, -0.2) is 13.6 Å². The van der Waals surface area contributed by atoms with E-state index in [1.54, 1.807) is 12.1 Å². The van der Waals surface area contributed by atoms with E-state index in [-0.39, 0.29) is 27.6 Å². The van der Waals surface area contributed by atoms with Crippen LogP contribution in [0, 0.1) is 5.92 Å². The maximum Gasteiger partial charge on any atom is 0.238 e. The molecular formula is C13H19BrN2O3S. The van der Waals surface area contributed by atoms with Gasteiger partial charge in [-0.05, 0) is 30.5 Å². The molecule has 0 radical (unpaired) electrons. The van der Waals surface area contributed by atoms with E-state index in [4.69, 9.17) is 5.14 Å². The van der Waals surface area contributed by atoms with E-state index in [2.05, 4.69) is 21.2 Å². The number of halogens is 1. The second kappa shape index (κ2) is 6.69. The maximum atomic E-state index is 11.9. The van der Waals surface area contributed by atoms with E-state index in [1.165, 1.54) is 12.1 Å². The number of sulfonamides is 1. The van der Waals surface area contributed by atoms with Crippen LogP contribution in [0.5, 0.6) is 0 Å². The number of rotatable bonds is 5. The molecule has 0 aromatic heterocycles. The normalized spacial score (nSPS) is 14.9. The molecule has 112 valence electrons. The highest BCUT2D eigenvalue weighted by atomic mass is 79.9. The zero-order valence-electron chi connectivity index (χ0n) is 11.6. The SMILES string of the molecule is CC(NC(=O)C(Br)C(C)C)c1ccc(S(N)(=O)=O)cc1. The first-order valence-electron chi connectivity index (χ1n) is 6.20. The van der Waals surface area contributed by atoms with Gasteiger partial charge in [0, 0.05) is 0 Å². The van der Waals surface area contributed by atoms with E-state index in [9.17, 15) is 13.2 Å². The van der Waals surface area contributed by atoms with Crippen LogP contribution in [0.1, 0.15) is 32.4 Å². The van der Waals surface area contributed by atoms with E-state index in [0.29, 0.717) is 0 Å². The van der Waals surface area contributed by atoms with Crippen molar-refractivity contribution in [1.82, 2.24) is 5.32 Å². The predicted molar refractivity (Wildman–Crippen MR) is 81.9 cm³/mol. The summed E-state index contributed by atoms with van der Waals surface area (Å²) in [5.41, 5.74) is 0.814. The first-order valence-corrected chi connectivity index (χ1v) is 8.66. The fraction of sp³-hybridized carbons (Fsp3) is 0.462. The van der Waals surface area contributed by atoms with Gasteiger partial charge in [0.05, 0.1) is 15.8 Å². The zero-order chi connectivity index (χ0) is 15.5. The third kappa shape index (κ3) is 4.57. The molecule has 7 heteroatoms. The largest absolute Gasteiger partial charge is 0.349 e. The van der Waals surface area contributed by atoms with Crippen LogP contribution in [0.2, 0.25) is 0 Å². The van der Waals surface area contributed by atoms with Crippen molar-refractivity contribution < 1.29 is 13.2 Å². The molecule has 5 nitrogen and oxygen atoms in total. The van der Waals surface area contributed by atoms with Gasteiger partial charge in [0.25, 0.3) is 0 Å². The fourth-order valence-corrected chi connectivity index (χ4v) is 2.27. The summed E-state index contributed by atoms with van der Waals surface area (Å²) in [4.78, 5) is 11.7. The third-order valence-corrected chi connectivity index (χ3v) is 5.31. The minimum absolute atomic E-state index is 0.0559. The Balaban J connectivity index is 2.79. The van der Waals surface area contributed by atoms with Crippen molar-refractivity contribution in [2.45, 2.75) is 36.5 Å². The Morgan fingerprint density at radius 1 is 1.20 bits per heavy atom. The monoisotopic (exact) mass is 362 g/mol.